The number of rotatable bonds is 8. The molecule has 0 radical (unpaired) electrons. The highest BCUT2D eigenvalue weighted by Gasteiger charge is 2.49. The third-order valence-corrected chi connectivity index (χ3v) is 7.47. The van der Waals surface area contributed by atoms with Crippen LogP contribution in [0.5, 0.6) is 0 Å². The predicted molar refractivity (Wildman–Crippen MR) is 137 cm³/mol. The highest BCUT2D eigenvalue weighted by atomic mass is 16.5. The van der Waals surface area contributed by atoms with Gasteiger partial charge in [-0.3, -0.25) is 4.79 Å². The van der Waals surface area contributed by atoms with Gasteiger partial charge in [-0.25, -0.2) is 4.79 Å². The van der Waals surface area contributed by atoms with E-state index in [0.717, 1.165) is 37.2 Å². The normalized spacial score (nSPS) is 23.9. The number of anilines is 2. The number of nitrogen functional groups attached to an aromatic ring is 1. The van der Waals surface area contributed by atoms with Gasteiger partial charge in [-0.15, -0.1) is 0 Å². The Hall–Kier alpha value is -3.64. The number of benzene rings is 3. The van der Waals surface area contributed by atoms with Crippen molar-refractivity contribution in [2.75, 3.05) is 37.2 Å². The number of nitrogens with one attached hydrogen (secondary N) is 1. The lowest BCUT2D eigenvalue weighted by Gasteiger charge is -2.51. The molecule has 3 saturated heterocycles. The maximum atomic E-state index is 13.5. The van der Waals surface area contributed by atoms with E-state index in [-0.39, 0.29) is 17.9 Å². The number of hydrogen-bond acceptors (Lipinski definition) is 5. The van der Waals surface area contributed by atoms with Gasteiger partial charge < -0.3 is 20.3 Å². The first-order valence-electron chi connectivity index (χ1n) is 12.3. The zero-order valence-electron chi connectivity index (χ0n) is 19.8. The fraction of sp³-hybridized carbons (Fsp3) is 0.310. The van der Waals surface area contributed by atoms with Gasteiger partial charge in [0.1, 0.15) is 13.1 Å². The van der Waals surface area contributed by atoms with Crippen LogP contribution < -0.4 is 11.1 Å². The van der Waals surface area contributed by atoms with Gasteiger partial charge in [0, 0.05) is 35.7 Å². The van der Waals surface area contributed by atoms with Gasteiger partial charge in [0.15, 0.2) is 12.1 Å². The summed E-state index contributed by atoms with van der Waals surface area (Å²) in [6.45, 7) is 3.01. The topological polar surface area (TPSA) is 81.4 Å². The van der Waals surface area contributed by atoms with Crippen molar-refractivity contribution in [2.24, 2.45) is 5.92 Å². The van der Waals surface area contributed by atoms with E-state index < -0.39 is 6.04 Å². The molecule has 0 spiro atoms. The second kappa shape index (κ2) is 9.92. The molecule has 3 aliphatic rings. The molecular formula is C29H32N3O3+. The van der Waals surface area contributed by atoms with E-state index in [1.54, 1.807) is 24.3 Å². The molecule has 0 amide bonds. The number of piperidine rings is 3. The number of fused-ring (bicyclic) bond motifs is 3. The molecule has 3 aromatic carbocycles. The third kappa shape index (κ3) is 5.23. The summed E-state index contributed by atoms with van der Waals surface area (Å²) in [6, 6.07) is 25.9. The number of ketones is 1. The van der Waals surface area contributed by atoms with Gasteiger partial charge in [-0.2, -0.15) is 0 Å². The molecule has 2 atom stereocenters. The second-order valence-electron chi connectivity index (χ2n) is 9.84. The van der Waals surface area contributed by atoms with Crippen molar-refractivity contribution in [3.8, 4) is 0 Å². The minimum Gasteiger partial charge on any atom is -0.454 e. The van der Waals surface area contributed by atoms with Crippen LogP contribution in [-0.4, -0.2) is 48.5 Å². The SMILES string of the molecule is Nc1ccc(C(=O)C[N+]23CCC(CC2)C(OC(=O)C(Nc2ccccc2)c2ccccc2)C3)cc1. The average Bonchev–Trinajstić information content (AvgIpc) is 2.89. The molecular weight excluding hydrogens is 438 g/mol. The van der Waals surface area contributed by atoms with Crippen molar-refractivity contribution < 1.29 is 18.8 Å². The highest BCUT2D eigenvalue weighted by Crippen LogP contribution is 2.36. The lowest BCUT2D eigenvalue weighted by Crippen LogP contribution is -2.65. The Morgan fingerprint density at radius 3 is 2.20 bits per heavy atom. The van der Waals surface area contributed by atoms with E-state index in [1.165, 1.54) is 0 Å². The molecule has 6 heteroatoms. The Kier molecular flexibility index (Phi) is 6.55. The fourth-order valence-corrected chi connectivity index (χ4v) is 5.48. The molecule has 2 unspecified atom stereocenters. The van der Waals surface area contributed by atoms with Gasteiger partial charge in [-0.05, 0) is 42.0 Å². The first-order valence-corrected chi connectivity index (χ1v) is 12.3. The molecule has 3 N–H and O–H groups in total. The van der Waals surface area contributed by atoms with E-state index in [4.69, 9.17) is 10.5 Å². The fourth-order valence-electron chi connectivity index (χ4n) is 5.48. The Morgan fingerprint density at radius 1 is 0.914 bits per heavy atom. The maximum absolute atomic E-state index is 13.5. The van der Waals surface area contributed by atoms with Gasteiger partial charge in [-0.1, -0.05) is 48.5 Å². The third-order valence-electron chi connectivity index (χ3n) is 7.47. The number of quaternary nitrogens is 1. The summed E-state index contributed by atoms with van der Waals surface area (Å²) < 4.78 is 6.88. The smallest absolute Gasteiger partial charge is 0.333 e. The van der Waals surface area contributed by atoms with Gasteiger partial charge in [0.25, 0.3) is 0 Å². The molecule has 0 aromatic heterocycles. The van der Waals surface area contributed by atoms with Crippen LogP contribution in [0.1, 0.15) is 34.8 Å². The average molecular weight is 471 g/mol. The molecule has 0 aliphatic carbocycles. The summed E-state index contributed by atoms with van der Waals surface area (Å²) in [5, 5.41) is 3.35. The second-order valence-corrected chi connectivity index (χ2v) is 9.84. The van der Waals surface area contributed by atoms with Crippen molar-refractivity contribution in [3.63, 3.8) is 0 Å². The van der Waals surface area contributed by atoms with Crippen molar-refractivity contribution >= 4 is 23.1 Å². The van der Waals surface area contributed by atoms with Crippen LogP contribution in [0.25, 0.3) is 0 Å². The summed E-state index contributed by atoms with van der Waals surface area (Å²) in [5.41, 5.74) is 8.85. The van der Waals surface area contributed by atoms with Gasteiger partial charge in [0.05, 0.1) is 13.1 Å². The number of hydrogen-bond donors (Lipinski definition) is 2. The van der Waals surface area contributed by atoms with Crippen LogP contribution in [0.2, 0.25) is 0 Å². The van der Waals surface area contributed by atoms with E-state index >= 15 is 0 Å². The molecule has 3 heterocycles. The predicted octanol–water partition coefficient (Wildman–Crippen LogP) is 4.46. The maximum Gasteiger partial charge on any atom is 0.333 e. The molecule has 3 fully saturated rings. The standard InChI is InChI=1S/C29H31N3O3/c30-24-13-11-21(12-14-24)26(33)19-32-17-15-22(16-18-32)27(20-32)35-29(34)28(23-7-3-1-4-8-23)31-25-9-5-2-6-10-25/h1-14,22,27-28,31H,15-20H2,(H-,30,33)/p+1. The molecule has 2 bridgehead atoms. The number of carbonyl (C=O) groups excluding carboxylic acids is 2. The molecule has 180 valence electrons. The number of Topliss-reactive ketones (excluding diaryl/α,β-unsaturated/α-hetero) is 1. The molecule has 35 heavy (non-hydrogen) atoms. The van der Waals surface area contributed by atoms with Crippen LogP contribution in [0.4, 0.5) is 11.4 Å². The number of esters is 1. The number of para-hydroxylation sites is 1. The minimum atomic E-state index is -0.598. The Balaban J connectivity index is 1.30. The van der Waals surface area contributed by atoms with Crippen LogP contribution >= 0.6 is 0 Å². The van der Waals surface area contributed by atoms with E-state index in [1.807, 2.05) is 60.7 Å². The molecule has 0 saturated carbocycles. The highest BCUT2D eigenvalue weighted by molar-refractivity contribution is 5.97. The number of nitrogens with zero attached hydrogens (tertiary/aromatic N) is 1. The lowest BCUT2D eigenvalue weighted by molar-refractivity contribution is -0.938. The zero-order chi connectivity index (χ0) is 24.3. The molecule has 3 aromatic rings. The van der Waals surface area contributed by atoms with Crippen molar-refractivity contribution in [2.45, 2.75) is 25.0 Å². The van der Waals surface area contributed by atoms with Crippen molar-refractivity contribution in [1.82, 2.24) is 0 Å². The summed E-state index contributed by atoms with van der Waals surface area (Å²) in [7, 11) is 0. The Labute approximate surface area is 206 Å². The molecule has 3 aliphatic heterocycles. The first-order chi connectivity index (χ1) is 17.0. The summed E-state index contributed by atoms with van der Waals surface area (Å²) in [5.74, 6) is 0.184. The monoisotopic (exact) mass is 470 g/mol. The van der Waals surface area contributed by atoms with E-state index in [2.05, 4.69) is 5.32 Å². The Bertz CT molecular complexity index is 1160. The quantitative estimate of drug-likeness (QED) is 0.220. The number of ether oxygens (including phenoxy) is 1. The lowest BCUT2D eigenvalue weighted by atomic mass is 9.82. The zero-order valence-corrected chi connectivity index (χ0v) is 19.8. The summed E-state index contributed by atoms with van der Waals surface area (Å²) in [6.07, 6.45) is 1.75. The van der Waals surface area contributed by atoms with Crippen molar-refractivity contribution in [3.05, 3.63) is 96.1 Å². The Morgan fingerprint density at radius 2 is 1.54 bits per heavy atom. The van der Waals surface area contributed by atoms with Crippen LogP contribution in [-0.2, 0) is 9.53 Å². The van der Waals surface area contributed by atoms with E-state index in [9.17, 15) is 9.59 Å². The molecule has 6 rings (SSSR count). The van der Waals surface area contributed by atoms with Gasteiger partial charge >= 0.3 is 5.97 Å². The van der Waals surface area contributed by atoms with Crippen LogP contribution in [0.3, 0.4) is 0 Å². The number of carbonyl (C=O) groups is 2. The first kappa shape index (κ1) is 23.1. The minimum absolute atomic E-state index is 0.114. The van der Waals surface area contributed by atoms with Crippen molar-refractivity contribution in [1.29, 1.82) is 0 Å². The van der Waals surface area contributed by atoms with E-state index in [0.29, 0.717) is 34.7 Å². The largest absolute Gasteiger partial charge is 0.454 e. The van der Waals surface area contributed by atoms with Gasteiger partial charge in [0.2, 0.25) is 5.78 Å². The van der Waals surface area contributed by atoms with Crippen LogP contribution in [0.15, 0.2) is 84.9 Å². The molecule has 6 nitrogen and oxygen atoms in total. The van der Waals surface area contributed by atoms with Crippen LogP contribution in [0, 0.1) is 5.92 Å². The summed E-state index contributed by atoms with van der Waals surface area (Å²) in [4.78, 5) is 26.6. The summed E-state index contributed by atoms with van der Waals surface area (Å²) >= 11 is 0. The number of nitrogens with two attached hydrogens (primary N) is 1.